The van der Waals surface area contributed by atoms with Crippen LogP contribution in [0.5, 0.6) is 0 Å². The molecular formula is C12H19N2O5S3-. The Bertz CT molecular complexity index is 643. The van der Waals surface area contributed by atoms with E-state index in [9.17, 15) is 17.2 Å². The average Bonchev–Trinajstić information content (AvgIpc) is 2.91. The lowest BCUT2D eigenvalue weighted by Gasteiger charge is -2.32. The van der Waals surface area contributed by atoms with Gasteiger partial charge in [-0.15, -0.1) is 11.3 Å². The van der Waals surface area contributed by atoms with E-state index in [0.29, 0.717) is 38.2 Å². The van der Waals surface area contributed by atoms with Gasteiger partial charge in [0, 0.05) is 38.4 Å². The number of thiophene rings is 1. The van der Waals surface area contributed by atoms with Crippen LogP contribution in [0.1, 0.15) is 24.9 Å². The first-order valence-corrected chi connectivity index (χ1v) is 10.2. The van der Waals surface area contributed by atoms with Crippen LogP contribution in [0.3, 0.4) is 0 Å². The number of hydrogen-bond donors (Lipinski definition) is 1. The second kappa shape index (κ2) is 7.47. The smallest absolute Gasteiger partial charge is 0.252 e. The molecule has 1 aliphatic heterocycles. The first-order valence-electron chi connectivity index (χ1n) is 6.87. The highest BCUT2D eigenvalue weighted by atomic mass is 32.3. The summed E-state index contributed by atoms with van der Waals surface area (Å²) >= 11 is -1.62. The van der Waals surface area contributed by atoms with Crippen molar-refractivity contribution in [2.24, 2.45) is 0 Å². The van der Waals surface area contributed by atoms with Crippen LogP contribution in [0.2, 0.25) is 0 Å². The highest BCUT2D eigenvalue weighted by Gasteiger charge is 2.38. The van der Waals surface area contributed by atoms with E-state index in [0.717, 1.165) is 11.3 Å². The maximum atomic E-state index is 12.7. The Hall–Kier alpha value is -0.360. The molecular weight excluding hydrogens is 348 g/mol. The van der Waals surface area contributed by atoms with Crippen molar-refractivity contribution >= 4 is 32.4 Å². The number of ether oxygens (including phenoxy) is 1. The van der Waals surface area contributed by atoms with Gasteiger partial charge in [0.05, 0.1) is 4.21 Å². The van der Waals surface area contributed by atoms with Crippen LogP contribution in [0.25, 0.3) is 0 Å². The zero-order valence-electron chi connectivity index (χ0n) is 12.4. The van der Waals surface area contributed by atoms with E-state index >= 15 is 0 Å². The van der Waals surface area contributed by atoms with E-state index in [1.165, 1.54) is 10.4 Å². The minimum atomic E-state index is -3.64. The minimum absolute atomic E-state index is 0.0511. The number of sulfonamides is 1. The fourth-order valence-corrected chi connectivity index (χ4v) is 6.47. The lowest BCUT2D eigenvalue weighted by molar-refractivity contribution is 0.185. The van der Waals surface area contributed by atoms with Gasteiger partial charge in [-0.3, -0.25) is 4.21 Å². The van der Waals surface area contributed by atoms with Crippen molar-refractivity contribution in [1.29, 1.82) is 0 Å². The fourth-order valence-electron chi connectivity index (χ4n) is 2.43. The summed E-state index contributed by atoms with van der Waals surface area (Å²) in [7, 11) is -2.08. The molecule has 1 aromatic rings. The molecule has 22 heavy (non-hydrogen) atoms. The highest BCUT2D eigenvalue weighted by Crippen LogP contribution is 2.39. The number of nitrogens with zero attached hydrogens (tertiary/aromatic N) is 1. The van der Waals surface area contributed by atoms with Gasteiger partial charge in [0.15, 0.2) is 0 Å². The number of likely N-dealkylation sites (N-methyl/N-ethyl adjacent to an activating group) is 1. The summed E-state index contributed by atoms with van der Waals surface area (Å²) in [6.07, 6.45) is 0.593. The molecule has 0 spiro atoms. The van der Waals surface area contributed by atoms with Crippen molar-refractivity contribution in [2.45, 2.75) is 27.8 Å². The number of hydrogen-bond acceptors (Lipinski definition) is 7. The van der Waals surface area contributed by atoms with E-state index in [2.05, 4.69) is 5.32 Å². The summed E-state index contributed by atoms with van der Waals surface area (Å²) in [5, 5.41) is 3.22. The van der Waals surface area contributed by atoms with Crippen molar-refractivity contribution in [2.75, 3.05) is 33.4 Å². The number of methoxy groups -OCH3 is 1. The molecule has 0 aromatic carbocycles. The van der Waals surface area contributed by atoms with Crippen LogP contribution in [-0.4, -0.2) is 54.8 Å². The Morgan fingerprint density at radius 1 is 1.59 bits per heavy atom. The van der Waals surface area contributed by atoms with E-state index < -0.39 is 21.1 Å². The molecule has 7 nitrogen and oxygen atoms in total. The van der Waals surface area contributed by atoms with Gasteiger partial charge in [-0.1, -0.05) is 6.92 Å². The third-order valence-corrected chi connectivity index (χ3v) is 7.85. The number of fused-ring (bicyclic) bond motifs is 1. The molecule has 0 saturated carbocycles. The van der Waals surface area contributed by atoms with Crippen LogP contribution in [0.15, 0.2) is 14.5 Å². The lowest BCUT2D eigenvalue weighted by atomic mass is 10.1. The molecule has 2 heterocycles. The van der Waals surface area contributed by atoms with Crippen molar-refractivity contribution in [3.63, 3.8) is 0 Å². The SMILES string of the molecule is CCN[C@H]1CN(CCCOC)S(=O)(=O)c2sc(S(=O)[O-])cc21. The summed E-state index contributed by atoms with van der Waals surface area (Å²) in [4.78, 5) is 0. The predicted octanol–water partition coefficient (Wildman–Crippen LogP) is 0.677. The van der Waals surface area contributed by atoms with Gasteiger partial charge in [0.2, 0.25) is 0 Å². The molecule has 0 aliphatic carbocycles. The molecule has 1 aliphatic rings. The largest absolute Gasteiger partial charge is 0.768 e. The normalized spacial score (nSPS) is 22.4. The first-order chi connectivity index (χ1) is 10.4. The van der Waals surface area contributed by atoms with Crippen molar-refractivity contribution < 1.29 is 21.9 Å². The van der Waals surface area contributed by atoms with Crippen molar-refractivity contribution in [3.05, 3.63) is 11.6 Å². The van der Waals surface area contributed by atoms with Crippen LogP contribution in [0.4, 0.5) is 0 Å². The lowest BCUT2D eigenvalue weighted by Crippen LogP contribution is -2.43. The van der Waals surface area contributed by atoms with E-state index in [4.69, 9.17) is 4.74 Å². The van der Waals surface area contributed by atoms with E-state index in [1.807, 2.05) is 6.92 Å². The predicted molar refractivity (Wildman–Crippen MR) is 83.2 cm³/mol. The molecule has 2 rings (SSSR count). The van der Waals surface area contributed by atoms with E-state index in [-0.39, 0.29) is 14.5 Å². The van der Waals surface area contributed by atoms with Gasteiger partial charge >= 0.3 is 0 Å². The summed E-state index contributed by atoms with van der Waals surface area (Å²) in [5.74, 6) is 0. The molecule has 0 amide bonds. The standard InChI is InChI=1S/C12H20N2O5S3/c1-3-13-10-8-14(5-4-6-19-2)22(17,18)12-9(10)7-11(20-12)21(15)16/h7,10,13H,3-6,8H2,1-2H3,(H,15,16)/p-1/t10-/m0/s1. The van der Waals surface area contributed by atoms with Gasteiger partial charge in [0.1, 0.15) is 4.21 Å². The molecule has 0 fully saturated rings. The van der Waals surface area contributed by atoms with Gasteiger partial charge in [-0.25, -0.2) is 8.42 Å². The molecule has 0 radical (unpaired) electrons. The van der Waals surface area contributed by atoms with E-state index in [1.54, 1.807) is 7.11 Å². The van der Waals surface area contributed by atoms with Gasteiger partial charge in [-0.2, -0.15) is 4.31 Å². The second-order valence-electron chi connectivity index (χ2n) is 4.86. The Morgan fingerprint density at radius 2 is 2.32 bits per heavy atom. The topological polar surface area (TPSA) is 98.8 Å². The summed E-state index contributed by atoms with van der Waals surface area (Å²) in [6, 6.07) is 1.26. The number of nitrogens with one attached hydrogen (secondary N) is 1. The van der Waals surface area contributed by atoms with Crippen molar-refractivity contribution in [1.82, 2.24) is 9.62 Å². The zero-order chi connectivity index (χ0) is 16.3. The maximum absolute atomic E-state index is 12.7. The molecule has 0 bridgehead atoms. The monoisotopic (exact) mass is 367 g/mol. The van der Waals surface area contributed by atoms with Gasteiger partial charge in [-0.05, 0) is 30.1 Å². The Morgan fingerprint density at radius 3 is 2.91 bits per heavy atom. The Balaban J connectivity index is 2.38. The molecule has 126 valence electrons. The van der Waals surface area contributed by atoms with Gasteiger partial charge in [0.25, 0.3) is 10.0 Å². The first kappa shape index (κ1) is 18.0. The summed E-state index contributed by atoms with van der Waals surface area (Å²) in [6.45, 7) is 3.73. The van der Waals surface area contributed by atoms with Crippen molar-refractivity contribution in [3.8, 4) is 0 Å². The third-order valence-electron chi connectivity index (χ3n) is 3.41. The third kappa shape index (κ3) is 3.58. The molecule has 1 N–H and O–H groups in total. The van der Waals surface area contributed by atoms with Gasteiger partial charge < -0.3 is 14.6 Å². The summed E-state index contributed by atoms with van der Waals surface area (Å²) in [5.41, 5.74) is 0.550. The Labute approximate surface area is 137 Å². The fraction of sp³-hybridized carbons (Fsp3) is 0.667. The highest BCUT2D eigenvalue weighted by molar-refractivity contribution is 7.92. The molecule has 1 unspecified atom stereocenters. The Kier molecular flexibility index (Phi) is 6.11. The molecule has 1 aromatic heterocycles. The molecule has 2 atom stereocenters. The quantitative estimate of drug-likeness (QED) is 0.562. The van der Waals surface area contributed by atoms with Crippen LogP contribution in [0, 0.1) is 0 Å². The average molecular weight is 367 g/mol. The van der Waals surface area contributed by atoms with Crippen LogP contribution < -0.4 is 5.32 Å². The maximum Gasteiger partial charge on any atom is 0.252 e. The van der Waals surface area contributed by atoms with Crippen LogP contribution in [-0.2, 0) is 25.8 Å². The molecule has 10 heteroatoms. The zero-order valence-corrected chi connectivity index (χ0v) is 14.9. The second-order valence-corrected chi connectivity index (χ2v) is 9.22. The number of rotatable bonds is 7. The minimum Gasteiger partial charge on any atom is -0.768 e. The van der Waals surface area contributed by atoms with Crippen LogP contribution >= 0.6 is 11.3 Å². The molecule has 0 saturated heterocycles. The summed E-state index contributed by atoms with van der Waals surface area (Å²) < 4.78 is 54.1.